The monoisotopic (exact) mass is 555 g/mol. The first kappa shape index (κ1) is 28.8. The number of aromatic nitrogens is 2. The van der Waals surface area contributed by atoms with Crippen molar-refractivity contribution >= 4 is 46.0 Å². The summed E-state index contributed by atoms with van der Waals surface area (Å²) in [4.78, 5) is 49.2. The zero-order chi connectivity index (χ0) is 29.6. The smallest absolute Gasteiger partial charge is 0.324 e. The lowest BCUT2D eigenvalue weighted by Gasteiger charge is -2.14. The molecule has 0 radical (unpaired) electrons. The van der Waals surface area contributed by atoms with Crippen LogP contribution < -0.4 is 26.6 Å². The molecule has 41 heavy (non-hydrogen) atoms. The number of carbonyl (C=O) groups excluding carboxylic acids is 4. The molecule has 0 saturated heterocycles. The van der Waals surface area contributed by atoms with E-state index < -0.39 is 17.8 Å². The van der Waals surface area contributed by atoms with Gasteiger partial charge in [-0.3, -0.25) is 19.7 Å². The number of urea groups is 1. The number of carbonyl (C=O) groups is 4. The first-order chi connectivity index (χ1) is 19.5. The largest absolute Gasteiger partial charge is 0.358 e. The molecule has 0 aliphatic rings. The molecule has 0 atom stereocenters. The minimum atomic E-state index is -0.497. The maximum Gasteiger partial charge on any atom is 0.324 e. The van der Waals surface area contributed by atoms with Gasteiger partial charge in [-0.1, -0.05) is 63.2 Å². The second kappa shape index (κ2) is 12.3. The van der Waals surface area contributed by atoms with Gasteiger partial charge in [0.1, 0.15) is 5.82 Å². The maximum atomic E-state index is 13.1. The Morgan fingerprint density at radius 3 is 2.27 bits per heavy atom. The summed E-state index contributed by atoms with van der Waals surface area (Å²) in [5.74, 6) is -0.905. The Labute approximate surface area is 237 Å². The molecule has 0 fully saturated rings. The highest BCUT2D eigenvalue weighted by Gasteiger charge is 2.22. The lowest BCUT2D eigenvalue weighted by molar-refractivity contribution is -0.125. The quantitative estimate of drug-likeness (QED) is 0.226. The number of likely N-dealkylation sites (N-methyl/N-ethyl adjacent to an activating group) is 1. The second-order valence-corrected chi connectivity index (χ2v) is 10.4. The van der Waals surface area contributed by atoms with E-state index in [4.69, 9.17) is 5.10 Å². The standard InChI is InChI=1S/C30H33N7O4/c1-30(2,3)24-16-25(35-29(41)34-23-14-8-10-19-9-5-6-13-22(19)23)37(36-24)21-12-7-11-20(15-21)28(40)33-18-27(39)32-17-26(38)31-4/h5-16H,17-18H2,1-4H3,(H,31,38)(H,32,39)(H,33,40)(H2,34,35,41). The normalized spacial score (nSPS) is 11.0. The van der Waals surface area contributed by atoms with E-state index in [0.29, 0.717) is 22.8 Å². The zero-order valence-electron chi connectivity index (χ0n) is 23.4. The number of nitrogens with zero attached hydrogens (tertiary/aromatic N) is 2. The molecule has 0 aliphatic heterocycles. The fourth-order valence-corrected chi connectivity index (χ4v) is 4.01. The average molecular weight is 556 g/mol. The molecule has 4 rings (SSSR count). The molecule has 0 spiro atoms. The van der Waals surface area contributed by atoms with Crippen LogP contribution in [0.2, 0.25) is 0 Å². The third-order valence-electron chi connectivity index (χ3n) is 6.24. The van der Waals surface area contributed by atoms with Crippen LogP contribution in [0.25, 0.3) is 16.5 Å². The molecule has 212 valence electrons. The van der Waals surface area contributed by atoms with Gasteiger partial charge < -0.3 is 21.3 Å². The molecule has 0 saturated carbocycles. The van der Waals surface area contributed by atoms with Crippen molar-refractivity contribution in [2.75, 3.05) is 30.8 Å². The van der Waals surface area contributed by atoms with Crippen LogP contribution >= 0.6 is 0 Å². The van der Waals surface area contributed by atoms with Crippen molar-refractivity contribution in [2.24, 2.45) is 0 Å². The lowest BCUT2D eigenvalue weighted by atomic mass is 9.92. The Balaban J connectivity index is 1.53. The Hall–Kier alpha value is -5.19. The van der Waals surface area contributed by atoms with E-state index in [1.54, 1.807) is 35.0 Å². The summed E-state index contributed by atoms with van der Waals surface area (Å²) >= 11 is 0. The number of hydrogen-bond acceptors (Lipinski definition) is 5. The summed E-state index contributed by atoms with van der Waals surface area (Å²) in [6, 6.07) is 21.5. The van der Waals surface area contributed by atoms with Crippen molar-refractivity contribution in [1.29, 1.82) is 0 Å². The number of fused-ring (bicyclic) bond motifs is 1. The minimum absolute atomic E-state index is 0.181. The first-order valence-corrected chi connectivity index (χ1v) is 13.1. The van der Waals surface area contributed by atoms with E-state index in [9.17, 15) is 19.2 Å². The Morgan fingerprint density at radius 2 is 1.51 bits per heavy atom. The molecule has 4 aromatic rings. The van der Waals surface area contributed by atoms with E-state index in [0.717, 1.165) is 16.5 Å². The molecule has 11 nitrogen and oxygen atoms in total. The highest BCUT2D eigenvalue weighted by molar-refractivity contribution is 6.06. The molecule has 5 N–H and O–H groups in total. The summed E-state index contributed by atoms with van der Waals surface area (Å²) < 4.78 is 1.57. The van der Waals surface area contributed by atoms with Crippen LogP contribution in [0.1, 0.15) is 36.8 Å². The number of amides is 5. The van der Waals surface area contributed by atoms with E-state index in [1.807, 2.05) is 63.2 Å². The van der Waals surface area contributed by atoms with E-state index in [2.05, 4.69) is 26.6 Å². The number of anilines is 2. The predicted molar refractivity (Wildman–Crippen MR) is 158 cm³/mol. The molecule has 1 heterocycles. The molecular formula is C30H33N7O4. The highest BCUT2D eigenvalue weighted by Crippen LogP contribution is 2.27. The van der Waals surface area contributed by atoms with Crippen molar-refractivity contribution in [3.8, 4) is 5.69 Å². The van der Waals surface area contributed by atoms with Gasteiger partial charge in [-0.15, -0.1) is 0 Å². The summed E-state index contributed by atoms with van der Waals surface area (Å²) in [5.41, 5.74) is 1.92. The van der Waals surface area contributed by atoms with Gasteiger partial charge in [-0.2, -0.15) is 5.10 Å². The Bertz CT molecular complexity index is 1600. The molecule has 0 aliphatic carbocycles. The van der Waals surface area contributed by atoms with Crippen LogP contribution in [0, 0.1) is 0 Å². The number of nitrogens with one attached hydrogen (secondary N) is 5. The minimum Gasteiger partial charge on any atom is -0.358 e. The number of rotatable bonds is 8. The van der Waals surface area contributed by atoms with E-state index >= 15 is 0 Å². The van der Waals surface area contributed by atoms with Crippen LogP contribution in [-0.2, 0) is 15.0 Å². The third kappa shape index (κ3) is 7.27. The molecule has 3 aromatic carbocycles. The fraction of sp³-hybridized carbons (Fsp3) is 0.233. The van der Waals surface area contributed by atoms with Gasteiger partial charge in [-0.05, 0) is 29.7 Å². The van der Waals surface area contributed by atoms with Crippen molar-refractivity contribution in [3.05, 3.63) is 84.1 Å². The first-order valence-electron chi connectivity index (χ1n) is 13.1. The zero-order valence-corrected chi connectivity index (χ0v) is 23.4. The number of hydrogen-bond donors (Lipinski definition) is 5. The molecule has 1 aromatic heterocycles. The SMILES string of the molecule is CNC(=O)CNC(=O)CNC(=O)c1cccc(-n2nc(C(C)(C)C)cc2NC(=O)Nc2cccc3ccccc23)c1. The molecule has 0 unspecified atom stereocenters. The van der Waals surface area contributed by atoms with Crippen molar-refractivity contribution in [3.63, 3.8) is 0 Å². The predicted octanol–water partition coefficient (Wildman–Crippen LogP) is 3.56. The molecule has 0 bridgehead atoms. The van der Waals surface area contributed by atoms with E-state index in [-0.39, 0.29) is 24.4 Å². The Morgan fingerprint density at radius 1 is 0.805 bits per heavy atom. The number of benzene rings is 3. The van der Waals surface area contributed by atoms with Crippen LogP contribution in [0.3, 0.4) is 0 Å². The van der Waals surface area contributed by atoms with Crippen LogP contribution in [-0.4, -0.2) is 53.7 Å². The van der Waals surface area contributed by atoms with Crippen molar-refractivity contribution in [2.45, 2.75) is 26.2 Å². The highest BCUT2D eigenvalue weighted by atomic mass is 16.2. The van der Waals surface area contributed by atoms with Gasteiger partial charge in [0.05, 0.1) is 30.2 Å². The van der Waals surface area contributed by atoms with Gasteiger partial charge in [0, 0.05) is 29.5 Å². The third-order valence-corrected chi connectivity index (χ3v) is 6.24. The van der Waals surface area contributed by atoms with E-state index in [1.165, 1.54) is 7.05 Å². The molecule has 11 heteroatoms. The molecular weight excluding hydrogens is 522 g/mol. The van der Waals surface area contributed by atoms with Crippen molar-refractivity contribution < 1.29 is 19.2 Å². The van der Waals surface area contributed by atoms with Crippen LogP contribution in [0.15, 0.2) is 72.8 Å². The second-order valence-electron chi connectivity index (χ2n) is 10.4. The van der Waals surface area contributed by atoms with Crippen LogP contribution in [0.5, 0.6) is 0 Å². The van der Waals surface area contributed by atoms with Gasteiger partial charge in [0.25, 0.3) is 5.91 Å². The summed E-state index contributed by atoms with van der Waals surface area (Å²) in [7, 11) is 1.46. The average Bonchev–Trinajstić information content (AvgIpc) is 3.39. The fourth-order valence-electron chi connectivity index (χ4n) is 4.01. The summed E-state index contributed by atoms with van der Waals surface area (Å²) in [6.07, 6.45) is 0. The molecule has 5 amide bonds. The van der Waals surface area contributed by atoms with Crippen LogP contribution in [0.4, 0.5) is 16.3 Å². The topological polar surface area (TPSA) is 146 Å². The Kier molecular flexibility index (Phi) is 8.66. The van der Waals surface area contributed by atoms with Gasteiger partial charge in [-0.25, -0.2) is 9.48 Å². The van der Waals surface area contributed by atoms with Crippen molar-refractivity contribution in [1.82, 2.24) is 25.7 Å². The lowest BCUT2D eigenvalue weighted by Crippen LogP contribution is -2.41. The van der Waals surface area contributed by atoms with Gasteiger partial charge >= 0.3 is 6.03 Å². The maximum absolute atomic E-state index is 13.1. The van der Waals surface area contributed by atoms with Gasteiger partial charge in [0.2, 0.25) is 11.8 Å². The summed E-state index contributed by atoms with van der Waals surface area (Å²) in [6.45, 7) is 5.56. The summed E-state index contributed by atoms with van der Waals surface area (Å²) in [5, 5.41) is 19.8. The van der Waals surface area contributed by atoms with Gasteiger partial charge in [0.15, 0.2) is 0 Å².